The maximum atomic E-state index is 8.82. The summed E-state index contributed by atoms with van der Waals surface area (Å²) in [6.07, 6.45) is 4.82. The molecule has 0 bridgehead atoms. The predicted molar refractivity (Wildman–Crippen MR) is 94.8 cm³/mol. The molecule has 8 nitrogen and oxygen atoms in total. The quantitative estimate of drug-likeness (QED) is 0.740. The predicted octanol–water partition coefficient (Wildman–Crippen LogP) is 3.14. The molecule has 25 heavy (non-hydrogen) atoms. The average Bonchev–Trinajstić information content (AvgIpc) is 3.01. The second-order valence-corrected chi connectivity index (χ2v) is 6.40. The largest absolute Gasteiger partial charge is 0.481 e. The highest BCUT2D eigenvalue weighted by Crippen LogP contribution is 2.28. The van der Waals surface area contributed by atoms with Crippen molar-refractivity contribution in [2.75, 3.05) is 17.7 Å². The van der Waals surface area contributed by atoms with Crippen molar-refractivity contribution in [3.8, 4) is 11.9 Å². The van der Waals surface area contributed by atoms with Crippen LogP contribution in [0.5, 0.6) is 5.88 Å². The molecule has 1 fully saturated rings. The van der Waals surface area contributed by atoms with E-state index in [-0.39, 0.29) is 0 Å². The summed E-state index contributed by atoms with van der Waals surface area (Å²) in [6, 6.07) is 6.23. The summed E-state index contributed by atoms with van der Waals surface area (Å²) in [5, 5.41) is 22.4. The van der Waals surface area contributed by atoms with Gasteiger partial charge in [-0.25, -0.2) is 0 Å². The highest BCUT2D eigenvalue weighted by Gasteiger charge is 2.21. The molecular weight excluding hydrogens is 318 g/mol. The number of nitrogens with one attached hydrogen (secondary N) is 3. The molecule has 0 amide bonds. The van der Waals surface area contributed by atoms with E-state index in [2.05, 4.69) is 36.9 Å². The third-order valence-electron chi connectivity index (χ3n) is 4.43. The van der Waals surface area contributed by atoms with Crippen LogP contribution in [-0.2, 0) is 0 Å². The van der Waals surface area contributed by atoms with Crippen LogP contribution >= 0.6 is 0 Å². The van der Waals surface area contributed by atoms with Crippen LogP contribution < -0.4 is 15.4 Å². The van der Waals surface area contributed by atoms with Crippen LogP contribution in [0.25, 0.3) is 0 Å². The molecule has 2 aromatic heterocycles. The summed E-state index contributed by atoms with van der Waals surface area (Å²) in [5.74, 6) is 2.87. The Morgan fingerprint density at radius 3 is 2.68 bits per heavy atom. The van der Waals surface area contributed by atoms with Gasteiger partial charge in [0.25, 0.3) is 0 Å². The van der Waals surface area contributed by atoms with Gasteiger partial charge in [0.1, 0.15) is 5.82 Å². The van der Waals surface area contributed by atoms with Crippen molar-refractivity contribution in [2.24, 2.45) is 5.92 Å². The average molecular weight is 341 g/mol. The number of methoxy groups -OCH3 is 1. The number of hydrogen-bond acceptors (Lipinski definition) is 7. The molecule has 8 heteroatoms. The third kappa shape index (κ3) is 4.59. The fourth-order valence-corrected chi connectivity index (χ4v) is 3.09. The molecule has 0 atom stereocenters. The molecule has 1 saturated carbocycles. The van der Waals surface area contributed by atoms with E-state index in [9.17, 15) is 0 Å². The van der Waals surface area contributed by atoms with Gasteiger partial charge in [0, 0.05) is 30.3 Å². The topological polar surface area (TPSA) is 112 Å². The molecule has 0 aromatic carbocycles. The van der Waals surface area contributed by atoms with Gasteiger partial charge in [-0.1, -0.05) is 0 Å². The van der Waals surface area contributed by atoms with Gasteiger partial charge in [0.05, 0.1) is 13.2 Å². The zero-order valence-corrected chi connectivity index (χ0v) is 14.5. The van der Waals surface area contributed by atoms with Gasteiger partial charge in [0.2, 0.25) is 11.8 Å². The summed E-state index contributed by atoms with van der Waals surface area (Å²) in [5.41, 5.74) is 0.969. The summed E-state index contributed by atoms with van der Waals surface area (Å²) in [4.78, 5) is 8.90. The Morgan fingerprint density at radius 2 is 2.04 bits per heavy atom. The Morgan fingerprint density at radius 1 is 1.24 bits per heavy atom. The van der Waals surface area contributed by atoms with Crippen molar-refractivity contribution in [3.05, 3.63) is 17.8 Å². The third-order valence-corrected chi connectivity index (χ3v) is 4.43. The van der Waals surface area contributed by atoms with Crippen LogP contribution in [0, 0.1) is 24.2 Å². The van der Waals surface area contributed by atoms with Crippen LogP contribution in [0.4, 0.5) is 17.6 Å². The summed E-state index contributed by atoms with van der Waals surface area (Å²) < 4.78 is 5.28. The number of H-pyrrole nitrogens is 1. The minimum atomic E-state index is 0.322. The number of nitriles is 1. The molecule has 0 spiro atoms. The Hall–Kier alpha value is -2.82. The lowest BCUT2D eigenvalue weighted by atomic mass is 9.84. The lowest BCUT2D eigenvalue weighted by molar-refractivity contribution is 0.341. The van der Waals surface area contributed by atoms with Crippen molar-refractivity contribution in [3.63, 3.8) is 0 Å². The Labute approximate surface area is 147 Å². The van der Waals surface area contributed by atoms with Crippen molar-refractivity contribution in [2.45, 2.75) is 45.1 Å². The minimum Gasteiger partial charge on any atom is -0.481 e. The number of hydrogen-bond donors (Lipinski definition) is 3. The monoisotopic (exact) mass is 341 g/mol. The molecule has 1 aliphatic rings. The van der Waals surface area contributed by atoms with Gasteiger partial charge < -0.3 is 15.4 Å². The van der Waals surface area contributed by atoms with Gasteiger partial charge >= 0.3 is 0 Å². The zero-order chi connectivity index (χ0) is 17.6. The first-order valence-corrected chi connectivity index (χ1v) is 8.52. The molecule has 2 aromatic rings. The molecular formula is C17H23N7O. The van der Waals surface area contributed by atoms with Crippen LogP contribution in [-0.4, -0.2) is 33.3 Å². The molecule has 0 radical (unpaired) electrons. The second kappa shape index (κ2) is 7.83. The van der Waals surface area contributed by atoms with Crippen molar-refractivity contribution in [1.82, 2.24) is 20.2 Å². The van der Waals surface area contributed by atoms with Crippen LogP contribution in [0.1, 0.15) is 37.8 Å². The molecule has 1 aliphatic carbocycles. The normalized spacial score (nSPS) is 19.9. The first kappa shape index (κ1) is 17.0. The summed E-state index contributed by atoms with van der Waals surface area (Å²) in [6.45, 7) is 1.94. The number of rotatable bonds is 6. The maximum absolute atomic E-state index is 8.82. The number of aromatic amines is 1. The van der Waals surface area contributed by atoms with E-state index < -0.39 is 0 Å². The second-order valence-electron chi connectivity index (χ2n) is 6.40. The first-order valence-electron chi connectivity index (χ1n) is 8.52. The fourth-order valence-electron chi connectivity index (χ4n) is 3.09. The number of aromatic nitrogens is 4. The minimum absolute atomic E-state index is 0.322. The number of nitrogens with zero attached hydrogens (tertiary/aromatic N) is 4. The number of anilines is 3. The molecule has 132 valence electrons. The van der Waals surface area contributed by atoms with Gasteiger partial charge in [-0.15, -0.1) is 0 Å². The van der Waals surface area contributed by atoms with E-state index in [0.717, 1.165) is 31.4 Å². The van der Waals surface area contributed by atoms with Crippen molar-refractivity contribution >= 4 is 17.6 Å². The van der Waals surface area contributed by atoms with Gasteiger partial charge in [0.15, 0.2) is 5.82 Å². The smallest absolute Gasteiger partial charge is 0.228 e. The summed E-state index contributed by atoms with van der Waals surface area (Å²) >= 11 is 0. The molecule has 2 heterocycles. The summed E-state index contributed by atoms with van der Waals surface area (Å²) in [7, 11) is 1.59. The van der Waals surface area contributed by atoms with Crippen molar-refractivity contribution in [1.29, 1.82) is 5.26 Å². The lowest BCUT2D eigenvalue weighted by Crippen LogP contribution is -2.27. The van der Waals surface area contributed by atoms with E-state index in [0.29, 0.717) is 41.8 Å². The molecule has 3 rings (SSSR count). The van der Waals surface area contributed by atoms with E-state index in [1.165, 1.54) is 0 Å². The van der Waals surface area contributed by atoms with E-state index >= 15 is 0 Å². The van der Waals surface area contributed by atoms with Crippen LogP contribution in [0.2, 0.25) is 0 Å². The zero-order valence-electron chi connectivity index (χ0n) is 14.5. The van der Waals surface area contributed by atoms with E-state index in [1.54, 1.807) is 13.2 Å². The fraction of sp³-hybridized carbons (Fsp3) is 0.529. The maximum Gasteiger partial charge on any atom is 0.228 e. The lowest BCUT2D eigenvalue weighted by Gasteiger charge is -2.27. The van der Waals surface area contributed by atoms with Crippen LogP contribution in [0.3, 0.4) is 0 Å². The molecule has 0 aliphatic heterocycles. The van der Waals surface area contributed by atoms with Gasteiger partial charge in [-0.3, -0.25) is 5.10 Å². The highest BCUT2D eigenvalue weighted by atomic mass is 16.5. The number of ether oxygens (including phenoxy) is 1. The molecule has 3 N–H and O–H groups in total. The molecule has 0 unspecified atom stereocenters. The Kier molecular flexibility index (Phi) is 5.33. The molecule has 0 saturated heterocycles. The van der Waals surface area contributed by atoms with Crippen molar-refractivity contribution < 1.29 is 4.74 Å². The first-order chi connectivity index (χ1) is 12.2. The number of aryl methyl sites for hydroxylation is 1. The Balaban J connectivity index is 1.67. The van der Waals surface area contributed by atoms with Gasteiger partial charge in [-0.2, -0.15) is 20.3 Å². The van der Waals surface area contributed by atoms with Gasteiger partial charge in [-0.05, 0) is 38.5 Å². The van der Waals surface area contributed by atoms with Crippen LogP contribution in [0.15, 0.2) is 12.1 Å². The standard InChI is InChI=1S/C17H23N7O/c1-11-9-15(24-23-11)20-14-10-16(25-2)22-17(21-14)19-13-5-3-12(4-6-13)7-8-18/h9-10,12-13H,3-7H2,1-2H3,(H3,19,20,21,22,23,24)/t12-,13-. The van der Waals surface area contributed by atoms with E-state index in [1.807, 2.05) is 13.0 Å². The Bertz CT molecular complexity index is 744. The SMILES string of the molecule is COc1cc(Nc2cc(C)[nH]n2)nc(N[C@H]2CC[C@H](CC#N)CC2)n1. The highest BCUT2D eigenvalue weighted by molar-refractivity contribution is 5.55. The van der Waals surface area contributed by atoms with E-state index in [4.69, 9.17) is 10.00 Å².